The lowest BCUT2D eigenvalue weighted by atomic mass is 10.0. The zero-order valence-electron chi connectivity index (χ0n) is 12.1. The summed E-state index contributed by atoms with van der Waals surface area (Å²) in [4.78, 5) is 14.1. The van der Waals surface area contributed by atoms with Crippen molar-refractivity contribution in [3.8, 4) is 0 Å². The lowest BCUT2D eigenvalue weighted by molar-refractivity contribution is 0.0948. The van der Waals surface area contributed by atoms with Gasteiger partial charge in [-0.2, -0.15) is 0 Å². The third kappa shape index (κ3) is 3.43. The maximum atomic E-state index is 5.43. The first-order chi connectivity index (χ1) is 9.10. The molecule has 1 atom stereocenters. The Hall–Kier alpha value is -1.65. The summed E-state index contributed by atoms with van der Waals surface area (Å²) in [6, 6.07) is 0. The molecule has 0 aliphatic carbocycles. The molecule has 0 aromatic carbocycles. The third-order valence-electron chi connectivity index (χ3n) is 3.29. The van der Waals surface area contributed by atoms with Crippen molar-refractivity contribution < 1.29 is 4.84 Å². The zero-order valence-corrected chi connectivity index (χ0v) is 12.1. The van der Waals surface area contributed by atoms with Gasteiger partial charge in [0.05, 0.1) is 12.3 Å². The van der Waals surface area contributed by atoms with Crippen LogP contribution in [0.25, 0.3) is 0 Å². The first kappa shape index (κ1) is 13.8. The van der Waals surface area contributed by atoms with E-state index < -0.39 is 0 Å². The van der Waals surface area contributed by atoms with Crippen molar-refractivity contribution >= 4 is 11.5 Å². The van der Waals surface area contributed by atoms with Gasteiger partial charge in [-0.1, -0.05) is 25.9 Å². The van der Waals surface area contributed by atoms with Crippen molar-refractivity contribution in [3.63, 3.8) is 0 Å². The average Bonchev–Trinajstić information content (AvgIpc) is 2.85. The topological polar surface area (TPSA) is 59.4 Å². The van der Waals surface area contributed by atoms with Crippen LogP contribution in [0.15, 0.2) is 11.4 Å². The minimum absolute atomic E-state index is 0.109. The predicted octanol–water partition coefficient (Wildman–Crippen LogP) is 2.56. The summed E-state index contributed by atoms with van der Waals surface area (Å²) < 4.78 is 0. The van der Waals surface area contributed by atoms with E-state index in [1.165, 1.54) is 0 Å². The van der Waals surface area contributed by atoms with Crippen molar-refractivity contribution in [2.45, 2.75) is 46.6 Å². The lowest BCUT2D eigenvalue weighted by Gasteiger charge is -2.13. The second-order valence-electron chi connectivity index (χ2n) is 5.19. The molecule has 0 spiro atoms. The molecule has 0 amide bonds. The molecule has 5 heteroatoms. The van der Waals surface area contributed by atoms with Gasteiger partial charge in [-0.3, -0.25) is 0 Å². The molecule has 1 aliphatic heterocycles. The first-order valence-electron chi connectivity index (χ1n) is 6.89. The van der Waals surface area contributed by atoms with E-state index >= 15 is 0 Å². The van der Waals surface area contributed by atoms with E-state index in [1.54, 1.807) is 0 Å². The van der Waals surface area contributed by atoms with Gasteiger partial charge in [0.25, 0.3) is 0 Å². The summed E-state index contributed by atoms with van der Waals surface area (Å²) in [6.07, 6.45) is 3.81. The van der Waals surface area contributed by atoms with Gasteiger partial charge in [0.1, 0.15) is 17.7 Å². The fourth-order valence-electron chi connectivity index (χ4n) is 2.02. The fraction of sp³-hybridized carbons (Fsp3) is 0.643. The van der Waals surface area contributed by atoms with Gasteiger partial charge >= 0.3 is 0 Å². The molecule has 0 radical (unpaired) electrons. The van der Waals surface area contributed by atoms with E-state index in [2.05, 4.69) is 41.2 Å². The molecule has 0 bridgehead atoms. The van der Waals surface area contributed by atoms with E-state index in [0.717, 1.165) is 42.3 Å². The van der Waals surface area contributed by atoms with E-state index in [-0.39, 0.29) is 6.10 Å². The maximum absolute atomic E-state index is 5.43. The van der Waals surface area contributed by atoms with Gasteiger partial charge in [-0.15, -0.1) is 0 Å². The van der Waals surface area contributed by atoms with Crippen LogP contribution in [0.3, 0.4) is 0 Å². The van der Waals surface area contributed by atoms with Crippen LogP contribution in [0, 0.1) is 12.8 Å². The third-order valence-corrected chi connectivity index (χ3v) is 3.29. The largest absolute Gasteiger partial charge is 0.390 e. The van der Waals surface area contributed by atoms with Crippen LogP contribution in [0.5, 0.6) is 0 Å². The summed E-state index contributed by atoms with van der Waals surface area (Å²) in [6.45, 7) is 9.01. The van der Waals surface area contributed by atoms with Gasteiger partial charge < -0.3 is 10.2 Å². The van der Waals surface area contributed by atoms with Gasteiger partial charge in [-0.05, 0) is 19.3 Å². The first-order valence-corrected chi connectivity index (χ1v) is 6.89. The lowest BCUT2D eigenvalue weighted by Crippen LogP contribution is -2.22. The fourth-order valence-corrected chi connectivity index (χ4v) is 2.02. The molecule has 1 N–H and O–H groups in total. The predicted molar refractivity (Wildman–Crippen MR) is 76.4 cm³/mol. The SMILES string of the molecule is CCc1cnc(C)nc1NCC1CC(C(C)C)=NO1. The number of aromatic nitrogens is 2. The Morgan fingerprint density at radius 3 is 2.89 bits per heavy atom. The molecule has 1 unspecified atom stereocenters. The van der Waals surface area contributed by atoms with E-state index in [9.17, 15) is 0 Å². The summed E-state index contributed by atoms with van der Waals surface area (Å²) in [5.41, 5.74) is 2.27. The molecule has 1 aliphatic rings. The number of oxime groups is 1. The number of aryl methyl sites for hydroxylation is 2. The molecule has 5 nitrogen and oxygen atoms in total. The Bertz CT molecular complexity index is 471. The molecule has 0 saturated heterocycles. The second-order valence-corrected chi connectivity index (χ2v) is 5.19. The summed E-state index contributed by atoms with van der Waals surface area (Å²) in [5.74, 6) is 2.15. The van der Waals surface area contributed by atoms with Crippen LogP contribution >= 0.6 is 0 Å². The highest BCUT2D eigenvalue weighted by molar-refractivity contribution is 5.87. The van der Waals surface area contributed by atoms with Crippen molar-refractivity contribution in [1.82, 2.24) is 9.97 Å². The number of nitrogens with zero attached hydrogens (tertiary/aromatic N) is 3. The molecule has 2 heterocycles. The van der Waals surface area contributed by atoms with Gasteiger partial charge in [0.15, 0.2) is 0 Å². The molecular weight excluding hydrogens is 240 g/mol. The zero-order chi connectivity index (χ0) is 13.8. The highest BCUT2D eigenvalue weighted by atomic mass is 16.6. The molecule has 104 valence electrons. The molecular formula is C14H22N4O. The van der Waals surface area contributed by atoms with Crippen LogP contribution in [0.4, 0.5) is 5.82 Å². The van der Waals surface area contributed by atoms with Crippen LogP contribution in [-0.4, -0.2) is 28.3 Å². The monoisotopic (exact) mass is 262 g/mol. The van der Waals surface area contributed by atoms with E-state index in [4.69, 9.17) is 4.84 Å². The normalized spacial score (nSPS) is 18.4. The van der Waals surface area contributed by atoms with Crippen molar-refractivity contribution in [2.75, 3.05) is 11.9 Å². The van der Waals surface area contributed by atoms with Crippen molar-refractivity contribution in [2.24, 2.45) is 11.1 Å². The Morgan fingerprint density at radius 1 is 1.47 bits per heavy atom. The number of nitrogens with one attached hydrogen (secondary N) is 1. The number of anilines is 1. The summed E-state index contributed by atoms with van der Waals surface area (Å²) in [5, 5.41) is 7.49. The molecule has 1 aromatic heterocycles. The molecule has 0 saturated carbocycles. The Labute approximate surface area is 114 Å². The Balaban J connectivity index is 1.92. The highest BCUT2D eigenvalue weighted by Crippen LogP contribution is 2.18. The number of hydrogen-bond acceptors (Lipinski definition) is 5. The molecule has 0 fully saturated rings. The molecule has 19 heavy (non-hydrogen) atoms. The number of rotatable bonds is 5. The van der Waals surface area contributed by atoms with Gasteiger partial charge in [0, 0.05) is 18.2 Å². The second kappa shape index (κ2) is 5.99. The number of hydrogen-bond donors (Lipinski definition) is 1. The van der Waals surface area contributed by atoms with Crippen molar-refractivity contribution in [1.29, 1.82) is 0 Å². The van der Waals surface area contributed by atoms with E-state index in [1.807, 2.05) is 13.1 Å². The van der Waals surface area contributed by atoms with Crippen LogP contribution in [-0.2, 0) is 11.3 Å². The Kier molecular flexibility index (Phi) is 4.35. The maximum Gasteiger partial charge on any atom is 0.150 e. The standard InChI is InChI=1S/C14H22N4O/c1-5-11-7-15-10(4)17-14(11)16-8-12-6-13(9(2)3)18-19-12/h7,9,12H,5-6,8H2,1-4H3,(H,15,16,17). The van der Waals surface area contributed by atoms with Crippen LogP contribution in [0.2, 0.25) is 0 Å². The minimum atomic E-state index is 0.109. The molecule has 2 rings (SSSR count). The summed E-state index contributed by atoms with van der Waals surface area (Å²) >= 11 is 0. The van der Waals surface area contributed by atoms with Crippen LogP contribution in [0.1, 0.15) is 38.6 Å². The molecule has 1 aromatic rings. The average molecular weight is 262 g/mol. The van der Waals surface area contributed by atoms with Gasteiger partial charge in [0.2, 0.25) is 0 Å². The quantitative estimate of drug-likeness (QED) is 0.886. The van der Waals surface area contributed by atoms with Crippen LogP contribution < -0.4 is 5.32 Å². The van der Waals surface area contributed by atoms with Gasteiger partial charge in [-0.25, -0.2) is 9.97 Å². The van der Waals surface area contributed by atoms with E-state index in [0.29, 0.717) is 5.92 Å². The highest BCUT2D eigenvalue weighted by Gasteiger charge is 2.23. The Morgan fingerprint density at radius 2 is 2.26 bits per heavy atom. The summed E-state index contributed by atoms with van der Waals surface area (Å²) in [7, 11) is 0. The minimum Gasteiger partial charge on any atom is -0.390 e. The smallest absolute Gasteiger partial charge is 0.150 e. The van der Waals surface area contributed by atoms with Crippen molar-refractivity contribution in [3.05, 3.63) is 17.6 Å².